The van der Waals surface area contributed by atoms with E-state index < -0.39 is 17.9 Å². The van der Waals surface area contributed by atoms with E-state index in [1.807, 2.05) is 54.6 Å². The van der Waals surface area contributed by atoms with Gasteiger partial charge in [0.2, 0.25) is 5.91 Å². The zero-order chi connectivity index (χ0) is 19.8. The highest BCUT2D eigenvalue weighted by atomic mass is 16.5. The number of nitrogens with zero attached hydrogens (tertiary/aromatic N) is 1. The Morgan fingerprint density at radius 2 is 1.79 bits per heavy atom. The molecule has 2 amide bonds. The summed E-state index contributed by atoms with van der Waals surface area (Å²) in [6.07, 6.45) is 3.28. The number of hydrogen-bond acceptors (Lipinski definition) is 4. The normalized spacial score (nSPS) is 11.4. The van der Waals surface area contributed by atoms with E-state index in [0.717, 1.165) is 11.1 Å². The molecule has 2 aromatic carbocycles. The van der Waals surface area contributed by atoms with E-state index in [9.17, 15) is 9.59 Å². The van der Waals surface area contributed by atoms with Gasteiger partial charge < -0.3 is 15.8 Å². The van der Waals surface area contributed by atoms with Crippen LogP contribution in [0.5, 0.6) is 5.75 Å². The number of nitrogens with two attached hydrogens (primary N) is 1. The maximum absolute atomic E-state index is 12.3. The average molecular weight is 375 g/mol. The van der Waals surface area contributed by atoms with Crippen LogP contribution in [0.2, 0.25) is 0 Å². The number of primary amides is 1. The Morgan fingerprint density at radius 1 is 1.00 bits per heavy atom. The van der Waals surface area contributed by atoms with Crippen LogP contribution >= 0.6 is 0 Å². The van der Waals surface area contributed by atoms with Gasteiger partial charge in [0.25, 0.3) is 5.91 Å². The van der Waals surface area contributed by atoms with E-state index >= 15 is 0 Å². The number of carbonyl (C=O) groups excluding carboxylic acids is 2. The highest BCUT2D eigenvalue weighted by molar-refractivity contribution is 5.97. The van der Waals surface area contributed by atoms with Crippen molar-refractivity contribution in [3.8, 4) is 5.75 Å². The molecular weight excluding hydrogens is 354 g/mol. The standard InChI is InChI=1S/C22H21N3O3/c23-21(26)20(25-22(27)18-9-5-11-24-14-18)13-17-8-4-10-19(12-17)28-15-16-6-2-1-3-7-16/h1-12,14,20H,13,15H2,(H2,23,26)(H,25,27)/t20-/m1/s1. The van der Waals surface area contributed by atoms with Crippen LogP contribution in [-0.4, -0.2) is 22.8 Å². The molecule has 0 radical (unpaired) electrons. The molecule has 0 bridgehead atoms. The molecule has 0 aliphatic rings. The zero-order valence-corrected chi connectivity index (χ0v) is 15.2. The van der Waals surface area contributed by atoms with Crippen LogP contribution in [0.4, 0.5) is 0 Å². The van der Waals surface area contributed by atoms with Crippen molar-refractivity contribution in [3.63, 3.8) is 0 Å². The molecule has 0 saturated heterocycles. The first kappa shape index (κ1) is 19.1. The van der Waals surface area contributed by atoms with Gasteiger partial charge in [0, 0.05) is 18.8 Å². The fourth-order valence-corrected chi connectivity index (χ4v) is 2.70. The Labute approximate surface area is 163 Å². The molecule has 1 heterocycles. The molecule has 142 valence electrons. The summed E-state index contributed by atoms with van der Waals surface area (Å²) in [7, 11) is 0. The maximum atomic E-state index is 12.3. The Morgan fingerprint density at radius 3 is 2.50 bits per heavy atom. The Kier molecular flexibility index (Phi) is 6.36. The van der Waals surface area contributed by atoms with Crippen LogP contribution in [0.15, 0.2) is 79.1 Å². The van der Waals surface area contributed by atoms with Crippen molar-refractivity contribution in [3.05, 3.63) is 95.8 Å². The summed E-state index contributed by atoms with van der Waals surface area (Å²) in [5.41, 5.74) is 7.75. The molecule has 3 rings (SSSR count). The highest BCUT2D eigenvalue weighted by Crippen LogP contribution is 2.16. The van der Waals surface area contributed by atoms with Crippen LogP contribution in [0.1, 0.15) is 21.5 Å². The second kappa shape index (κ2) is 9.32. The monoisotopic (exact) mass is 375 g/mol. The van der Waals surface area contributed by atoms with Crippen molar-refractivity contribution in [1.82, 2.24) is 10.3 Å². The predicted molar refractivity (Wildman–Crippen MR) is 106 cm³/mol. The lowest BCUT2D eigenvalue weighted by molar-refractivity contribution is -0.119. The summed E-state index contributed by atoms with van der Waals surface area (Å²) in [5.74, 6) is -0.315. The third-order valence-corrected chi connectivity index (χ3v) is 4.16. The topological polar surface area (TPSA) is 94.3 Å². The molecule has 0 aliphatic carbocycles. The van der Waals surface area contributed by atoms with E-state index in [1.165, 1.54) is 6.20 Å². The molecule has 3 aromatic rings. The van der Waals surface area contributed by atoms with Crippen LogP contribution < -0.4 is 15.8 Å². The minimum absolute atomic E-state index is 0.268. The number of ether oxygens (including phenoxy) is 1. The van der Waals surface area contributed by atoms with Crippen molar-refractivity contribution < 1.29 is 14.3 Å². The summed E-state index contributed by atoms with van der Waals surface area (Å²) < 4.78 is 5.81. The van der Waals surface area contributed by atoms with Gasteiger partial charge in [0.15, 0.2) is 0 Å². The third-order valence-electron chi connectivity index (χ3n) is 4.16. The lowest BCUT2D eigenvalue weighted by Crippen LogP contribution is -2.45. The number of hydrogen-bond donors (Lipinski definition) is 2. The molecule has 1 aromatic heterocycles. The Balaban J connectivity index is 1.64. The molecule has 3 N–H and O–H groups in total. The van der Waals surface area contributed by atoms with Gasteiger partial charge in [-0.25, -0.2) is 0 Å². The minimum Gasteiger partial charge on any atom is -0.489 e. The number of carbonyl (C=O) groups is 2. The van der Waals surface area contributed by atoms with E-state index in [1.54, 1.807) is 18.3 Å². The second-order valence-electron chi connectivity index (χ2n) is 6.30. The summed E-state index contributed by atoms with van der Waals surface area (Å²) in [6, 6.07) is 19.7. The van der Waals surface area contributed by atoms with E-state index in [2.05, 4.69) is 10.3 Å². The first-order valence-electron chi connectivity index (χ1n) is 8.87. The lowest BCUT2D eigenvalue weighted by Gasteiger charge is -2.16. The Bertz CT molecular complexity index is 930. The van der Waals surface area contributed by atoms with Crippen molar-refractivity contribution in [2.75, 3.05) is 0 Å². The summed E-state index contributed by atoms with van der Waals surface area (Å²) in [5, 5.41) is 2.66. The predicted octanol–water partition coefficient (Wildman–Crippen LogP) is 2.49. The smallest absolute Gasteiger partial charge is 0.253 e. The van der Waals surface area contributed by atoms with Crippen molar-refractivity contribution in [2.45, 2.75) is 19.1 Å². The van der Waals surface area contributed by atoms with E-state index in [4.69, 9.17) is 10.5 Å². The number of rotatable bonds is 8. The lowest BCUT2D eigenvalue weighted by atomic mass is 10.0. The minimum atomic E-state index is -0.836. The SMILES string of the molecule is NC(=O)[C@@H](Cc1cccc(OCc2ccccc2)c1)NC(=O)c1cccnc1. The quantitative estimate of drug-likeness (QED) is 0.632. The average Bonchev–Trinajstić information content (AvgIpc) is 2.73. The fraction of sp³-hybridized carbons (Fsp3) is 0.136. The number of amides is 2. The van der Waals surface area contributed by atoms with Gasteiger partial charge in [-0.3, -0.25) is 14.6 Å². The maximum Gasteiger partial charge on any atom is 0.253 e. The van der Waals surface area contributed by atoms with E-state index in [-0.39, 0.29) is 6.42 Å². The summed E-state index contributed by atoms with van der Waals surface area (Å²) in [6.45, 7) is 0.446. The number of pyridine rings is 1. The van der Waals surface area contributed by atoms with E-state index in [0.29, 0.717) is 17.9 Å². The van der Waals surface area contributed by atoms with Gasteiger partial charge in [-0.2, -0.15) is 0 Å². The highest BCUT2D eigenvalue weighted by Gasteiger charge is 2.19. The van der Waals surface area contributed by atoms with Crippen molar-refractivity contribution in [2.24, 2.45) is 5.73 Å². The van der Waals surface area contributed by atoms with Crippen molar-refractivity contribution >= 4 is 11.8 Å². The fourth-order valence-electron chi connectivity index (χ4n) is 2.70. The number of benzene rings is 2. The Hall–Kier alpha value is -3.67. The molecule has 0 saturated carbocycles. The molecule has 28 heavy (non-hydrogen) atoms. The zero-order valence-electron chi connectivity index (χ0n) is 15.2. The molecule has 0 aliphatic heterocycles. The second-order valence-corrected chi connectivity index (χ2v) is 6.30. The molecule has 0 unspecified atom stereocenters. The van der Waals surface area contributed by atoms with Crippen LogP contribution in [0, 0.1) is 0 Å². The molecular formula is C22H21N3O3. The molecule has 0 spiro atoms. The first-order valence-corrected chi connectivity index (χ1v) is 8.87. The van der Waals surface area contributed by atoms with Gasteiger partial charge in [0.05, 0.1) is 5.56 Å². The van der Waals surface area contributed by atoms with Gasteiger partial charge in [-0.15, -0.1) is 0 Å². The van der Waals surface area contributed by atoms with Gasteiger partial charge in [-0.1, -0.05) is 42.5 Å². The van der Waals surface area contributed by atoms with Gasteiger partial charge in [0.1, 0.15) is 18.4 Å². The molecule has 1 atom stereocenters. The third kappa shape index (κ3) is 5.41. The first-order chi connectivity index (χ1) is 13.6. The molecule has 0 fully saturated rings. The largest absolute Gasteiger partial charge is 0.489 e. The van der Waals surface area contributed by atoms with Crippen LogP contribution in [-0.2, 0) is 17.8 Å². The molecule has 6 nitrogen and oxygen atoms in total. The number of nitrogens with one attached hydrogen (secondary N) is 1. The number of aromatic nitrogens is 1. The van der Waals surface area contributed by atoms with Crippen molar-refractivity contribution in [1.29, 1.82) is 0 Å². The summed E-state index contributed by atoms with van der Waals surface area (Å²) in [4.78, 5) is 28.0. The molecule has 6 heteroatoms. The summed E-state index contributed by atoms with van der Waals surface area (Å²) >= 11 is 0. The van der Waals surface area contributed by atoms with Crippen LogP contribution in [0.25, 0.3) is 0 Å². The van der Waals surface area contributed by atoms with Gasteiger partial charge >= 0.3 is 0 Å². The van der Waals surface area contributed by atoms with Crippen LogP contribution in [0.3, 0.4) is 0 Å². The van der Waals surface area contributed by atoms with Gasteiger partial charge in [-0.05, 0) is 35.4 Å².